The highest BCUT2D eigenvalue weighted by Gasteiger charge is 2.17. The van der Waals surface area contributed by atoms with Gasteiger partial charge in [0.1, 0.15) is 23.7 Å². The van der Waals surface area contributed by atoms with Crippen LogP contribution >= 0.6 is 15.9 Å². The van der Waals surface area contributed by atoms with Crippen molar-refractivity contribution in [1.29, 1.82) is 0 Å². The molecule has 0 aliphatic rings. The van der Waals surface area contributed by atoms with Gasteiger partial charge in [0, 0.05) is 29.0 Å². The van der Waals surface area contributed by atoms with Crippen LogP contribution in [0.5, 0.6) is 5.75 Å². The average Bonchev–Trinajstić information content (AvgIpc) is 2.93. The summed E-state index contributed by atoms with van der Waals surface area (Å²) in [6, 6.07) is 16.7. The van der Waals surface area contributed by atoms with E-state index in [-0.39, 0.29) is 5.82 Å². The zero-order valence-corrected chi connectivity index (χ0v) is 17.3. The molecule has 0 radical (unpaired) electrons. The summed E-state index contributed by atoms with van der Waals surface area (Å²) in [5, 5.41) is 0. The van der Waals surface area contributed by atoms with Gasteiger partial charge in [0.25, 0.3) is 0 Å². The van der Waals surface area contributed by atoms with Crippen molar-refractivity contribution in [2.24, 2.45) is 0 Å². The van der Waals surface area contributed by atoms with Crippen molar-refractivity contribution < 1.29 is 9.13 Å². The third kappa shape index (κ3) is 3.67. The molecular formula is C23H20BrFN2O. The second kappa shape index (κ2) is 7.76. The molecule has 0 unspecified atom stereocenters. The van der Waals surface area contributed by atoms with Crippen LogP contribution in [0.3, 0.4) is 0 Å². The number of hydrogen-bond donors (Lipinski definition) is 0. The third-order valence-electron chi connectivity index (χ3n) is 5.00. The van der Waals surface area contributed by atoms with E-state index in [4.69, 9.17) is 4.74 Å². The number of halogens is 2. The van der Waals surface area contributed by atoms with Crippen LogP contribution in [0, 0.1) is 19.7 Å². The van der Waals surface area contributed by atoms with Crippen molar-refractivity contribution in [2.75, 3.05) is 0 Å². The molecule has 0 aliphatic heterocycles. The Labute approximate surface area is 171 Å². The van der Waals surface area contributed by atoms with E-state index >= 15 is 0 Å². The van der Waals surface area contributed by atoms with Crippen LogP contribution in [0.15, 0.2) is 65.3 Å². The molecule has 0 N–H and O–H groups in total. The van der Waals surface area contributed by atoms with E-state index in [1.807, 2.05) is 36.4 Å². The highest BCUT2D eigenvalue weighted by atomic mass is 79.9. The lowest BCUT2D eigenvalue weighted by molar-refractivity contribution is 0.308. The fourth-order valence-electron chi connectivity index (χ4n) is 3.39. The summed E-state index contributed by atoms with van der Waals surface area (Å²) >= 11 is 3.45. The van der Waals surface area contributed by atoms with Gasteiger partial charge in [0.05, 0.1) is 5.52 Å². The molecule has 0 aliphatic carbocycles. The number of rotatable bonds is 5. The Hall–Kier alpha value is -2.66. The molecule has 0 bridgehead atoms. The van der Waals surface area contributed by atoms with Gasteiger partial charge >= 0.3 is 0 Å². The van der Waals surface area contributed by atoms with Gasteiger partial charge in [-0.05, 0) is 54.8 Å². The number of aryl methyl sites for hydroxylation is 1. The van der Waals surface area contributed by atoms with Crippen molar-refractivity contribution in [3.05, 3.63) is 93.5 Å². The molecule has 2 aromatic heterocycles. The van der Waals surface area contributed by atoms with Crippen molar-refractivity contribution in [3.63, 3.8) is 0 Å². The number of fused-ring (bicyclic) bond motifs is 1. The first-order valence-electron chi connectivity index (χ1n) is 9.09. The average molecular weight is 439 g/mol. The summed E-state index contributed by atoms with van der Waals surface area (Å²) in [4.78, 5) is 4.57. The largest absolute Gasteiger partial charge is 0.487 e. The second-order valence-electron chi connectivity index (χ2n) is 6.85. The molecule has 0 fully saturated rings. The van der Waals surface area contributed by atoms with E-state index in [0.717, 1.165) is 43.6 Å². The molecule has 0 saturated heterocycles. The van der Waals surface area contributed by atoms with Gasteiger partial charge in [-0.25, -0.2) is 4.39 Å². The predicted octanol–water partition coefficient (Wildman–Crippen LogP) is 6.18. The fourth-order valence-corrected chi connectivity index (χ4v) is 3.65. The maximum Gasteiger partial charge on any atom is 0.147 e. The monoisotopic (exact) mass is 438 g/mol. The Morgan fingerprint density at radius 2 is 1.82 bits per heavy atom. The first-order chi connectivity index (χ1) is 13.5. The normalized spacial score (nSPS) is 11.1. The number of benzene rings is 2. The first kappa shape index (κ1) is 18.7. The highest BCUT2D eigenvalue weighted by molar-refractivity contribution is 9.10. The van der Waals surface area contributed by atoms with Crippen molar-refractivity contribution in [2.45, 2.75) is 27.0 Å². The number of pyridine rings is 1. The molecule has 4 rings (SSSR count). The molecule has 0 atom stereocenters. The van der Waals surface area contributed by atoms with Gasteiger partial charge < -0.3 is 9.30 Å². The van der Waals surface area contributed by atoms with Crippen LogP contribution in [0.25, 0.3) is 11.0 Å². The summed E-state index contributed by atoms with van der Waals surface area (Å²) in [6.07, 6.45) is 1.78. The Kier molecular flexibility index (Phi) is 5.18. The zero-order valence-electron chi connectivity index (χ0n) is 15.7. The summed E-state index contributed by atoms with van der Waals surface area (Å²) in [5.74, 6) is 0.550. The number of aromatic nitrogens is 2. The van der Waals surface area contributed by atoms with Crippen molar-refractivity contribution in [1.82, 2.24) is 9.55 Å². The van der Waals surface area contributed by atoms with Crippen LogP contribution in [-0.4, -0.2) is 9.55 Å². The maximum absolute atomic E-state index is 13.7. The van der Waals surface area contributed by atoms with Crippen molar-refractivity contribution in [3.8, 4) is 5.75 Å². The van der Waals surface area contributed by atoms with E-state index in [9.17, 15) is 4.39 Å². The van der Waals surface area contributed by atoms with Crippen molar-refractivity contribution >= 4 is 27.0 Å². The van der Waals surface area contributed by atoms with Gasteiger partial charge in [-0.3, -0.25) is 4.98 Å². The smallest absolute Gasteiger partial charge is 0.147 e. The number of hydrogen-bond acceptors (Lipinski definition) is 2. The van der Waals surface area contributed by atoms with E-state index < -0.39 is 0 Å². The molecule has 2 heterocycles. The Balaban J connectivity index is 1.72. The van der Waals surface area contributed by atoms with Crippen LogP contribution in [0.2, 0.25) is 0 Å². The summed E-state index contributed by atoms with van der Waals surface area (Å²) in [6.45, 7) is 5.16. The minimum atomic E-state index is -0.229. The molecule has 5 heteroatoms. The minimum absolute atomic E-state index is 0.229. The molecular weight excluding hydrogens is 419 g/mol. The maximum atomic E-state index is 13.7. The minimum Gasteiger partial charge on any atom is -0.487 e. The van der Waals surface area contributed by atoms with Gasteiger partial charge in [0.2, 0.25) is 0 Å². The lowest BCUT2D eigenvalue weighted by Gasteiger charge is -2.13. The SMILES string of the molecule is Cc1c(C)n(Cc2cccc(F)c2)c2c(OCc3ccc(Br)cc3)ccnc12. The lowest BCUT2D eigenvalue weighted by atomic mass is 10.2. The Bertz CT molecular complexity index is 1140. The van der Waals surface area contributed by atoms with E-state index in [1.54, 1.807) is 18.3 Å². The van der Waals surface area contributed by atoms with E-state index in [0.29, 0.717) is 13.2 Å². The van der Waals surface area contributed by atoms with Gasteiger partial charge in [-0.2, -0.15) is 0 Å². The van der Waals surface area contributed by atoms with Gasteiger partial charge in [-0.1, -0.05) is 40.2 Å². The topological polar surface area (TPSA) is 27.1 Å². The molecule has 4 aromatic rings. The Morgan fingerprint density at radius 1 is 1.04 bits per heavy atom. The van der Waals surface area contributed by atoms with Crippen LogP contribution < -0.4 is 4.74 Å². The molecule has 0 saturated carbocycles. The predicted molar refractivity (Wildman–Crippen MR) is 113 cm³/mol. The summed E-state index contributed by atoms with van der Waals surface area (Å²) < 4.78 is 23.0. The van der Waals surface area contributed by atoms with Crippen LogP contribution in [0.4, 0.5) is 4.39 Å². The standard InChI is InChI=1S/C23H20BrFN2O/c1-15-16(2)27(13-18-4-3-5-20(25)12-18)23-21(10-11-26-22(15)23)28-14-17-6-8-19(24)9-7-17/h3-12H,13-14H2,1-2H3. The fraction of sp³-hybridized carbons (Fsp3) is 0.174. The molecule has 2 aromatic carbocycles. The van der Waals surface area contributed by atoms with Gasteiger partial charge in [0.15, 0.2) is 0 Å². The first-order valence-corrected chi connectivity index (χ1v) is 9.88. The quantitative estimate of drug-likeness (QED) is 0.371. The molecule has 142 valence electrons. The molecule has 3 nitrogen and oxygen atoms in total. The number of nitrogens with zero attached hydrogens (tertiary/aromatic N) is 2. The highest BCUT2D eigenvalue weighted by Crippen LogP contribution is 2.32. The second-order valence-corrected chi connectivity index (χ2v) is 7.76. The molecule has 0 spiro atoms. The van der Waals surface area contributed by atoms with E-state index in [1.165, 1.54) is 6.07 Å². The van der Waals surface area contributed by atoms with Gasteiger partial charge in [-0.15, -0.1) is 0 Å². The number of ether oxygens (including phenoxy) is 1. The van der Waals surface area contributed by atoms with E-state index in [2.05, 4.69) is 39.3 Å². The third-order valence-corrected chi connectivity index (χ3v) is 5.53. The van der Waals surface area contributed by atoms with Crippen LogP contribution in [0.1, 0.15) is 22.4 Å². The summed E-state index contributed by atoms with van der Waals surface area (Å²) in [7, 11) is 0. The summed E-state index contributed by atoms with van der Waals surface area (Å²) in [5.41, 5.74) is 6.07. The zero-order chi connectivity index (χ0) is 19.7. The van der Waals surface area contributed by atoms with Crippen LogP contribution in [-0.2, 0) is 13.2 Å². The molecule has 0 amide bonds. The molecule has 28 heavy (non-hydrogen) atoms. The lowest BCUT2D eigenvalue weighted by Crippen LogP contribution is -2.04. The Morgan fingerprint density at radius 3 is 2.57 bits per heavy atom.